The topological polar surface area (TPSA) is 63.5 Å². The van der Waals surface area contributed by atoms with Crippen molar-refractivity contribution in [2.24, 2.45) is 0 Å². The van der Waals surface area contributed by atoms with Gasteiger partial charge in [-0.15, -0.1) is 0 Å². The first kappa shape index (κ1) is 14.9. The predicted molar refractivity (Wildman–Crippen MR) is 91.1 cm³/mol. The summed E-state index contributed by atoms with van der Waals surface area (Å²) in [6.07, 6.45) is 2.47. The quantitative estimate of drug-likeness (QED) is 0.640. The smallest absolute Gasteiger partial charge is 0.269 e. The number of nitro groups is 1. The molecule has 0 N–H and O–H groups in total. The summed E-state index contributed by atoms with van der Waals surface area (Å²) in [5.41, 5.74) is 2.64. The van der Waals surface area contributed by atoms with Crippen LogP contribution < -0.4 is 4.90 Å². The summed E-state index contributed by atoms with van der Waals surface area (Å²) in [5.74, 6) is 0.119. The summed E-state index contributed by atoms with van der Waals surface area (Å²) in [5, 5.41) is 10.8. The van der Waals surface area contributed by atoms with Crippen molar-refractivity contribution < 1.29 is 9.72 Å². The fourth-order valence-corrected chi connectivity index (χ4v) is 3.76. The van der Waals surface area contributed by atoms with E-state index in [9.17, 15) is 14.9 Å². The van der Waals surface area contributed by atoms with E-state index in [0.29, 0.717) is 0 Å². The number of amides is 1. The Balaban J connectivity index is 1.68. The van der Waals surface area contributed by atoms with Crippen LogP contribution in [-0.4, -0.2) is 16.9 Å². The SMILES string of the molecule is CC1Cc2ccccc2N1C(=O)C1(c2ccc([N+](=O)[O-])cc2)CC1. The van der Waals surface area contributed by atoms with Gasteiger partial charge < -0.3 is 4.90 Å². The lowest BCUT2D eigenvalue weighted by Gasteiger charge is -2.28. The molecule has 0 bridgehead atoms. The van der Waals surface area contributed by atoms with Crippen LogP contribution in [0, 0.1) is 10.1 Å². The van der Waals surface area contributed by atoms with Gasteiger partial charge in [-0.25, -0.2) is 0 Å². The second-order valence-electron chi connectivity index (χ2n) is 6.74. The van der Waals surface area contributed by atoms with E-state index in [2.05, 4.69) is 13.0 Å². The Hall–Kier alpha value is -2.69. The van der Waals surface area contributed by atoms with Crippen LogP contribution in [0.2, 0.25) is 0 Å². The van der Waals surface area contributed by atoms with Crippen molar-refractivity contribution in [2.75, 3.05) is 4.90 Å². The molecule has 1 saturated carbocycles. The summed E-state index contributed by atoms with van der Waals surface area (Å²) in [6, 6.07) is 14.6. The van der Waals surface area contributed by atoms with Crippen LogP contribution in [-0.2, 0) is 16.6 Å². The third kappa shape index (κ3) is 2.12. The molecular formula is C19H18N2O3. The highest BCUT2D eigenvalue weighted by atomic mass is 16.6. The van der Waals surface area contributed by atoms with E-state index in [1.807, 2.05) is 23.1 Å². The molecule has 5 nitrogen and oxygen atoms in total. The first-order valence-electron chi connectivity index (χ1n) is 8.19. The first-order valence-corrected chi connectivity index (χ1v) is 8.19. The van der Waals surface area contributed by atoms with Gasteiger partial charge in [-0.3, -0.25) is 14.9 Å². The number of nitro benzene ring substituents is 1. The molecule has 5 heteroatoms. The Morgan fingerprint density at radius 3 is 2.46 bits per heavy atom. The summed E-state index contributed by atoms with van der Waals surface area (Å²) in [4.78, 5) is 25.7. The van der Waals surface area contributed by atoms with Crippen molar-refractivity contribution in [2.45, 2.75) is 37.6 Å². The van der Waals surface area contributed by atoms with Gasteiger partial charge in [-0.1, -0.05) is 30.3 Å². The number of para-hydroxylation sites is 1. The van der Waals surface area contributed by atoms with Crippen LogP contribution >= 0.6 is 0 Å². The van der Waals surface area contributed by atoms with E-state index >= 15 is 0 Å². The normalized spacial score (nSPS) is 20.5. The van der Waals surface area contributed by atoms with Gasteiger partial charge in [0.1, 0.15) is 0 Å². The average Bonchev–Trinajstić information content (AvgIpc) is 3.32. The largest absolute Gasteiger partial charge is 0.308 e. The zero-order valence-electron chi connectivity index (χ0n) is 13.4. The molecule has 1 aliphatic carbocycles. The monoisotopic (exact) mass is 322 g/mol. The number of benzene rings is 2. The molecule has 0 radical (unpaired) electrons. The van der Waals surface area contributed by atoms with Gasteiger partial charge in [0, 0.05) is 23.9 Å². The van der Waals surface area contributed by atoms with Gasteiger partial charge in [-0.2, -0.15) is 0 Å². The summed E-state index contributed by atoms with van der Waals surface area (Å²) in [6.45, 7) is 2.07. The second kappa shape index (κ2) is 5.16. The second-order valence-corrected chi connectivity index (χ2v) is 6.74. The number of carbonyl (C=O) groups is 1. The van der Waals surface area contributed by atoms with E-state index in [1.54, 1.807) is 12.1 Å². The van der Waals surface area contributed by atoms with Crippen molar-refractivity contribution in [1.29, 1.82) is 0 Å². The number of carbonyl (C=O) groups excluding carboxylic acids is 1. The van der Waals surface area contributed by atoms with E-state index in [1.165, 1.54) is 17.7 Å². The molecular weight excluding hydrogens is 304 g/mol. The van der Waals surface area contributed by atoms with Crippen LogP contribution in [0.25, 0.3) is 0 Å². The van der Waals surface area contributed by atoms with Gasteiger partial charge >= 0.3 is 0 Å². The molecule has 1 atom stereocenters. The maximum Gasteiger partial charge on any atom is 0.269 e. The number of non-ortho nitro benzene ring substituents is 1. The van der Waals surface area contributed by atoms with Gasteiger partial charge in [0.15, 0.2) is 0 Å². The molecule has 1 heterocycles. The highest BCUT2D eigenvalue weighted by Gasteiger charge is 2.54. The fraction of sp³-hybridized carbons (Fsp3) is 0.316. The molecule has 122 valence electrons. The summed E-state index contributed by atoms with van der Waals surface area (Å²) < 4.78 is 0. The number of hydrogen-bond acceptors (Lipinski definition) is 3. The molecule has 0 saturated heterocycles. The lowest BCUT2D eigenvalue weighted by molar-refractivity contribution is -0.384. The van der Waals surface area contributed by atoms with E-state index in [-0.39, 0.29) is 17.6 Å². The molecule has 0 spiro atoms. The molecule has 2 aromatic carbocycles. The molecule has 2 aromatic rings. The zero-order valence-corrected chi connectivity index (χ0v) is 13.4. The summed E-state index contributed by atoms with van der Waals surface area (Å²) in [7, 11) is 0. The molecule has 2 aliphatic rings. The molecule has 4 rings (SSSR count). The maximum atomic E-state index is 13.3. The Morgan fingerprint density at radius 1 is 1.17 bits per heavy atom. The Labute approximate surface area is 140 Å². The Morgan fingerprint density at radius 2 is 1.83 bits per heavy atom. The third-order valence-corrected chi connectivity index (χ3v) is 5.22. The zero-order chi connectivity index (χ0) is 16.9. The lowest BCUT2D eigenvalue weighted by atomic mass is 9.93. The Bertz CT molecular complexity index is 825. The molecule has 1 amide bonds. The van der Waals surface area contributed by atoms with E-state index in [0.717, 1.165) is 30.5 Å². The van der Waals surface area contributed by atoms with Crippen molar-refractivity contribution >= 4 is 17.3 Å². The average molecular weight is 322 g/mol. The van der Waals surface area contributed by atoms with Crippen LogP contribution in [0.5, 0.6) is 0 Å². The molecule has 24 heavy (non-hydrogen) atoms. The molecule has 1 aliphatic heterocycles. The predicted octanol–water partition coefficient (Wildman–Crippen LogP) is 3.60. The summed E-state index contributed by atoms with van der Waals surface area (Å²) >= 11 is 0. The highest BCUT2D eigenvalue weighted by molar-refractivity contribution is 6.05. The molecule has 1 unspecified atom stereocenters. The van der Waals surface area contributed by atoms with Gasteiger partial charge in [-0.05, 0) is 43.4 Å². The lowest BCUT2D eigenvalue weighted by Crippen LogP contribution is -2.42. The van der Waals surface area contributed by atoms with Gasteiger partial charge in [0.05, 0.1) is 10.3 Å². The van der Waals surface area contributed by atoms with E-state index < -0.39 is 10.3 Å². The van der Waals surface area contributed by atoms with Gasteiger partial charge in [0.2, 0.25) is 5.91 Å². The van der Waals surface area contributed by atoms with Crippen molar-refractivity contribution in [3.63, 3.8) is 0 Å². The number of anilines is 1. The minimum absolute atomic E-state index is 0.0573. The van der Waals surface area contributed by atoms with Crippen LogP contribution in [0.15, 0.2) is 48.5 Å². The minimum Gasteiger partial charge on any atom is -0.308 e. The minimum atomic E-state index is -0.513. The number of nitrogens with zero attached hydrogens (tertiary/aromatic N) is 2. The van der Waals surface area contributed by atoms with Crippen LogP contribution in [0.4, 0.5) is 11.4 Å². The number of fused-ring (bicyclic) bond motifs is 1. The number of rotatable bonds is 3. The third-order valence-electron chi connectivity index (χ3n) is 5.22. The Kier molecular flexibility index (Phi) is 3.20. The van der Waals surface area contributed by atoms with Crippen LogP contribution in [0.1, 0.15) is 30.9 Å². The van der Waals surface area contributed by atoms with Crippen molar-refractivity contribution in [3.05, 3.63) is 69.8 Å². The van der Waals surface area contributed by atoms with E-state index in [4.69, 9.17) is 0 Å². The van der Waals surface area contributed by atoms with Crippen LogP contribution in [0.3, 0.4) is 0 Å². The molecule has 1 fully saturated rings. The fourth-order valence-electron chi connectivity index (χ4n) is 3.76. The highest BCUT2D eigenvalue weighted by Crippen LogP contribution is 2.51. The molecule has 0 aromatic heterocycles. The van der Waals surface area contributed by atoms with Gasteiger partial charge in [0.25, 0.3) is 5.69 Å². The first-order chi connectivity index (χ1) is 11.5. The standard InChI is InChI=1S/C19H18N2O3/c1-13-12-14-4-2-3-5-17(14)20(13)18(22)19(10-11-19)15-6-8-16(9-7-15)21(23)24/h2-9,13H,10-12H2,1H3. The van der Waals surface area contributed by atoms with Crippen molar-refractivity contribution in [3.8, 4) is 0 Å². The number of hydrogen-bond donors (Lipinski definition) is 0. The van der Waals surface area contributed by atoms with Crippen molar-refractivity contribution in [1.82, 2.24) is 0 Å². The maximum absolute atomic E-state index is 13.3.